The van der Waals surface area contributed by atoms with Gasteiger partial charge in [-0.3, -0.25) is 0 Å². The average molecular weight is 324 g/mol. The van der Waals surface area contributed by atoms with Crippen molar-refractivity contribution in [3.05, 3.63) is 28.2 Å². The minimum atomic E-state index is -3.77. The van der Waals surface area contributed by atoms with Gasteiger partial charge in [0.05, 0.1) is 11.1 Å². The third-order valence-electron chi connectivity index (χ3n) is 3.22. The van der Waals surface area contributed by atoms with Crippen LogP contribution in [0.2, 0.25) is 10.0 Å². The largest absolute Gasteiger partial charge is 0.391 e. The molecule has 19 heavy (non-hydrogen) atoms. The Morgan fingerprint density at radius 2 is 1.89 bits per heavy atom. The standard InChI is InChI=1S/C12H15Cl2NO3S/c13-8-5-6-9(14)12(7-8)19(17,18)15-10-3-1-2-4-11(10)16/h5-7,10-11,15-16H,1-4H2/t10-,11-/m0/s1. The SMILES string of the molecule is O=S(=O)(N[C@H]1CCCC[C@@H]1O)c1cc(Cl)ccc1Cl. The molecule has 0 aromatic heterocycles. The van der Waals surface area contributed by atoms with E-state index in [1.54, 1.807) is 0 Å². The summed E-state index contributed by atoms with van der Waals surface area (Å²) < 4.78 is 27.0. The Labute approximate surface area is 122 Å². The van der Waals surface area contributed by atoms with E-state index < -0.39 is 22.2 Å². The van der Waals surface area contributed by atoms with Crippen LogP contribution in [0.4, 0.5) is 0 Å². The first-order valence-corrected chi connectivity index (χ1v) is 8.29. The maximum Gasteiger partial charge on any atom is 0.242 e. The summed E-state index contributed by atoms with van der Waals surface area (Å²) in [5.41, 5.74) is 0. The normalized spacial score (nSPS) is 24.4. The van der Waals surface area contributed by atoms with Crippen molar-refractivity contribution in [2.24, 2.45) is 0 Å². The molecule has 2 rings (SSSR count). The van der Waals surface area contributed by atoms with Crippen LogP contribution in [-0.4, -0.2) is 25.7 Å². The molecule has 4 nitrogen and oxygen atoms in total. The Morgan fingerprint density at radius 1 is 1.21 bits per heavy atom. The van der Waals surface area contributed by atoms with Gasteiger partial charge in [-0.15, -0.1) is 0 Å². The van der Waals surface area contributed by atoms with Crippen molar-refractivity contribution in [2.45, 2.75) is 42.7 Å². The highest BCUT2D eigenvalue weighted by Crippen LogP contribution is 2.26. The van der Waals surface area contributed by atoms with Crippen LogP contribution in [0.25, 0.3) is 0 Å². The third kappa shape index (κ3) is 3.61. The van der Waals surface area contributed by atoms with Crippen molar-refractivity contribution < 1.29 is 13.5 Å². The monoisotopic (exact) mass is 323 g/mol. The predicted molar refractivity (Wildman–Crippen MR) is 75.0 cm³/mol. The molecular weight excluding hydrogens is 309 g/mol. The Bertz CT molecular complexity index is 562. The Morgan fingerprint density at radius 3 is 2.58 bits per heavy atom. The van der Waals surface area contributed by atoms with E-state index in [4.69, 9.17) is 23.2 Å². The molecule has 0 saturated heterocycles. The second-order valence-corrected chi connectivity index (χ2v) is 7.18. The van der Waals surface area contributed by atoms with E-state index in [0.29, 0.717) is 17.9 Å². The van der Waals surface area contributed by atoms with Gasteiger partial charge in [-0.2, -0.15) is 0 Å². The fraction of sp³-hybridized carbons (Fsp3) is 0.500. The summed E-state index contributed by atoms with van der Waals surface area (Å²) in [5, 5.41) is 10.2. The van der Waals surface area contributed by atoms with Crippen LogP contribution in [0.1, 0.15) is 25.7 Å². The lowest BCUT2D eigenvalue weighted by Gasteiger charge is -2.28. The van der Waals surface area contributed by atoms with Gasteiger partial charge in [0.15, 0.2) is 0 Å². The van der Waals surface area contributed by atoms with Gasteiger partial charge in [-0.1, -0.05) is 36.0 Å². The van der Waals surface area contributed by atoms with Gasteiger partial charge < -0.3 is 5.11 Å². The zero-order valence-corrected chi connectivity index (χ0v) is 12.5. The first-order valence-electron chi connectivity index (χ1n) is 6.05. The van der Waals surface area contributed by atoms with E-state index in [1.165, 1.54) is 18.2 Å². The zero-order valence-electron chi connectivity index (χ0n) is 10.1. The number of hydrogen-bond acceptors (Lipinski definition) is 3. The van der Waals surface area contributed by atoms with Crippen molar-refractivity contribution in [3.8, 4) is 0 Å². The number of aliphatic hydroxyl groups is 1. The second kappa shape index (κ2) is 5.97. The summed E-state index contributed by atoms with van der Waals surface area (Å²) in [6, 6.07) is 3.81. The molecule has 0 spiro atoms. The lowest BCUT2D eigenvalue weighted by Crippen LogP contribution is -2.45. The molecule has 0 radical (unpaired) electrons. The highest BCUT2D eigenvalue weighted by molar-refractivity contribution is 7.89. The molecule has 106 valence electrons. The predicted octanol–water partition coefficient (Wildman–Crippen LogP) is 2.58. The summed E-state index contributed by atoms with van der Waals surface area (Å²) in [4.78, 5) is -0.0561. The molecule has 1 aromatic carbocycles. The molecule has 0 heterocycles. The maximum atomic E-state index is 12.3. The highest BCUT2D eigenvalue weighted by Gasteiger charge is 2.29. The molecule has 1 saturated carbocycles. The minimum Gasteiger partial charge on any atom is -0.391 e. The molecular formula is C12H15Cl2NO3S. The second-order valence-electron chi connectivity index (χ2n) is 4.65. The Hall–Kier alpha value is -0.330. The van der Waals surface area contributed by atoms with Gasteiger partial charge in [0.2, 0.25) is 10.0 Å². The quantitative estimate of drug-likeness (QED) is 0.898. The summed E-state index contributed by atoms with van der Waals surface area (Å²) in [7, 11) is -3.77. The molecule has 2 atom stereocenters. The molecule has 1 aliphatic carbocycles. The van der Waals surface area contributed by atoms with Gasteiger partial charge in [0.1, 0.15) is 4.90 Å². The van der Waals surface area contributed by atoms with Crippen LogP contribution in [0.3, 0.4) is 0 Å². The first kappa shape index (κ1) is 15.1. The summed E-state index contributed by atoms with van der Waals surface area (Å²) in [5.74, 6) is 0. The number of benzene rings is 1. The van der Waals surface area contributed by atoms with Crippen molar-refractivity contribution in [1.82, 2.24) is 4.72 Å². The molecule has 1 fully saturated rings. The highest BCUT2D eigenvalue weighted by atomic mass is 35.5. The molecule has 0 aliphatic heterocycles. The molecule has 7 heteroatoms. The average Bonchev–Trinajstić information content (AvgIpc) is 2.35. The van der Waals surface area contributed by atoms with E-state index in [1.807, 2.05) is 0 Å². The summed E-state index contributed by atoms with van der Waals surface area (Å²) >= 11 is 11.7. The topological polar surface area (TPSA) is 66.4 Å². The van der Waals surface area contributed by atoms with Crippen molar-refractivity contribution in [3.63, 3.8) is 0 Å². The molecule has 1 aromatic rings. The van der Waals surface area contributed by atoms with Crippen LogP contribution in [0, 0.1) is 0 Å². The van der Waals surface area contributed by atoms with Gasteiger partial charge in [0, 0.05) is 11.1 Å². The van der Waals surface area contributed by atoms with Crippen LogP contribution >= 0.6 is 23.2 Å². The maximum absolute atomic E-state index is 12.3. The van der Waals surface area contributed by atoms with Gasteiger partial charge in [-0.25, -0.2) is 13.1 Å². The van der Waals surface area contributed by atoms with E-state index in [9.17, 15) is 13.5 Å². The lowest BCUT2D eigenvalue weighted by atomic mass is 9.93. The molecule has 2 N–H and O–H groups in total. The van der Waals surface area contributed by atoms with E-state index >= 15 is 0 Å². The number of aliphatic hydroxyl groups excluding tert-OH is 1. The van der Waals surface area contributed by atoms with Crippen LogP contribution < -0.4 is 4.72 Å². The van der Waals surface area contributed by atoms with Crippen molar-refractivity contribution in [1.29, 1.82) is 0 Å². The number of nitrogens with one attached hydrogen (secondary N) is 1. The summed E-state index contributed by atoms with van der Waals surface area (Å²) in [6.07, 6.45) is 2.39. The van der Waals surface area contributed by atoms with Gasteiger partial charge >= 0.3 is 0 Å². The number of hydrogen-bond donors (Lipinski definition) is 2. The van der Waals surface area contributed by atoms with Crippen LogP contribution in [0.5, 0.6) is 0 Å². The Balaban J connectivity index is 2.24. The molecule has 0 amide bonds. The zero-order chi connectivity index (χ0) is 14.0. The smallest absolute Gasteiger partial charge is 0.242 e. The van der Waals surface area contributed by atoms with E-state index in [-0.39, 0.29) is 9.92 Å². The fourth-order valence-corrected chi connectivity index (χ4v) is 4.26. The summed E-state index contributed by atoms with van der Waals surface area (Å²) in [6.45, 7) is 0. The van der Waals surface area contributed by atoms with Gasteiger partial charge in [0.25, 0.3) is 0 Å². The van der Waals surface area contributed by atoms with E-state index in [0.717, 1.165) is 12.8 Å². The Kier molecular flexibility index (Phi) is 4.74. The van der Waals surface area contributed by atoms with Crippen LogP contribution in [-0.2, 0) is 10.0 Å². The molecule has 1 aliphatic rings. The minimum absolute atomic E-state index is 0.0561. The number of halogens is 2. The fourth-order valence-electron chi connectivity index (χ4n) is 2.19. The molecule has 0 unspecified atom stereocenters. The van der Waals surface area contributed by atoms with Crippen molar-refractivity contribution in [2.75, 3.05) is 0 Å². The number of sulfonamides is 1. The lowest BCUT2D eigenvalue weighted by molar-refractivity contribution is 0.101. The first-order chi connectivity index (χ1) is 8.90. The number of rotatable bonds is 3. The van der Waals surface area contributed by atoms with E-state index in [2.05, 4.69) is 4.72 Å². The van der Waals surface area contributed by atoms with Crippen LogP contribution in [0.15, 0.2) is 23.1 Å². The molecule has 0 bridgehead atoms. The van der Waals surface area contributed by atoms with Crippen molar-refractivity contribution >= 4 is 33.2 Å². The third-order valence-corrected chi connectivity index (χ3v) is 5.43. The van der Waals surface area contributed by atoms with Gasteiger partial charge in [-0.05, 0) is 31.0 Å².